The summed E-state index contributed by atoms with van der Waals surface area (Å²) in [7, 11) is 1.75. The van der Waals surface area contributed by atoms with Crippen LogP contribution < -0.4 is 15.4 Å². The lowest BCUT2D eigenvalue weighted by Gasteiger charge is -2.42. The third kappa shape index (κ3) is 5.18. The molecule has 2 aromatic rings. The van der Waals surface area contributed by atoms with Crippen molar-refractivity contribution < 1.29 is 23.9 Å². The predicted molar refractivity (Wildman–Crippen MR) is 128 cm³/mol. The molecule has 3 amide bonds. The van der Waals surface area contributed by atoms with E-state index in [4.69, 9.17) is 21.1 Å². The van der Waals surface area contributed by atoms with Crippen LogP contribution >= 0.6 is 11.6 Å². The summed E-state index contributed by atoms with van der Waals surface area (Å²) in [6.45, 7) is 2.71. The van der Waals surface area contributed by atoms with Gasteiger partial charge in [0.1, 0.15) is 18.5 Å². The molecule has 9 heteroatoms. The van der Waals surface area contributed by atoms with E-state index < -0.39 is 0 Å². The maximum absolute atomic E-state index is 13.3. The number of likely N-dealkylation sites (N-methyl/N-ethyl adjacent to an activating group) is 1. The Morgan fingerprint density at radius 1 is 1.18 bits per heavy atom. The van der Waals surface area contributed by atoms with Crippen LogP contribution in [0.2, 0.25) is 5.02 Å². The molecular weight excluding hydrogens is 458 g/mol. The highest BCUT2D eigenvalue weighted by Crippen LogP contribution is 2.32. The van der Waals surface area contributed by atoms with E-state index in [-0.39, 0.29) is 42.6 Å². The molecule has 2 heterocycles. The molecule has 2 aliphatic rings. The summed E-state index contributed by atoms with van der Waals surface area (Å²) in [5, 5.41) is 5.94. The van der Waals surface area contributed by atoms with Crippen LogP contribution in [0.25, 0.3) is 0 Å². The van der Waals surface area contributed by atoms with Crippen molar-refractivity contribution in [2.45, 2.75) is 44.4 Å². The highest BCUT2D eigenvalue weighted by atomic mass is 35.5. The van der Waals surface area contributed by atoms with Crippen molar-refractivity contribution >= 4 is 35.0 Å². The fraction of sp³-hybridized carbons (Fsp3) is 0.400. The van der Waals surface area contributed by atoms with Gasteiger partial charge in [-0.05, 0) is 50.1 Å². The van der Waals surface area contributed by atoms with E-state index in [0.29, 0.717) is 53.4 Å². The molecule has 0 aliphatic carbocycles. The summed E-state index contributed by atoms with van der Waals surface area (Å²) < 4.78 is 12.1. The van der Waals surface area contributed by atoms with Gasteiger partial charge in [-0.15, -0.1) is 0 Å². The van der Waals surface area contributed by atoms with Crippen molar-refractivity contribution in [3.63, 3.8) is 0 Å². The minimum Gasteiger partial charge on any atom is -0.490 e. The van der Waals surface area contributed by atoms with E-state index in [9.17, 15) is 14.4 Å². The first-order valence-electron chi connectivity index (χ1n) is 11.4. The Morgan fingerprint density at radius 2 is 1.97 bits per heavy atom. The summed E-state index contributed by atoms with van der Waals surface area (Å²) >= 11 is 6.13. The van der Waals surface area contributed by atoms with Crippen molar-refractivity contribution in [3.8, 4) is 5.75 Å². The topological polar surface area (TPSA) is 97.0 Å². The zero-order chi connectivity index (χ0) is 24.2. The number of carbonyl (C=O) groups is 3. The van der Waals surface area contributed by atoms with Gasteiger partial charge in [0, 0.05) is 19.3 Å². The van der Waals surface area contributed by atoms with Gasteiger partial charge >= 0.3 is 0 Å². The molecule has 2 aliphatic heterocycles. The van der Waals surface area contributed by atoms with Crippen LogP contribution in [0.4, 0.5) is 5.69 Å². The lowest BCUT2D eigenvalue weighted by Crippen LogP contribution is -2.54. The van der Waals surface area contributed by atoms with E-state index >= 15 is 0 Å². The third-order valence-corrected chi connectivity index (χ3v) is 6.50. The van der Waals surface area contributed by atoms with Gasteiger partial charge in [0.2, 0.25) is 5.91 Å². The van der Waals surface area contributed by atoms with Crippen LogP contribution in [0.3, 0.4) is 0 Å². The van der Waals surface area contributed by atoms with Crippen molar-refractivity contribution in [2.24, 2.45) is 0 Å². The Hall–Kier alpha value is -3.10. The minimum atomic E-state index is -0.364. The molecule has 0 radical (unpaired) electrons. The maximum Gasteiger partial charge on any atom is 0.257 e. The van der Waals surface area contributed by atoms with Crippen LogP contribution in [0.15, 0.2) is 42.5 Å². The average molecular weight is 486 g/mol. The third-order valence-electron chi connectivity index (χ3n) is 6.18. The molecule has 0 spiro atoms. The molecule has 2 N–H and O–H groups in total. The SMILES string of the molecule is CCNC(=O)C[C@H]1CC[C@@H]2[C@H](COc3ccc(NC(=O)c4ccccc4Cl)cc3C(=O)N2C)O1. The monoisotopic (exact) mass is 485 g/mol. The van der Waals surface area contributed by atoms with Crippen LogP contribution in [0, 0.1) is 0 Å². The second kappa shape index (κ2) is 10.4. The number of carbonyl (C=O) groups excluding carboxylic acids is 3. The highest BCUT2D eigenvalue weighted by molar-refractivity contribution is 6.34. The summed E-state index contributed by atoms with van der Waals surface area (Å²) in [6.07, 6.45) is 1.13. The molecule has 4 rings (SSSR count). The number of rotatable bonds is 5. The maximum atomic E-state index is 13.3. The first-order chi connectivity index (χ1) is 16.4. The Labute approximate surface area is 203 Å². The van der Waals surface area contributed by atoms with Gasteiger partial charge in [-0.25, -0.2) is 0 Å². The quantitative estimate of drug-likeness (QED) is 0.675. The first kappa shape index (κ1) is 24.0. The zero-order valence-corrected chi connectivity index (χ0v) is 19.9. The summed E-state index contributed by atoms with van der Waals surface area (Å²) in [6, 6.07) is 11.6. The van der Waals surface area contributed by atoms with Gasteiger partial charge in [-0.2, -0.15) is 0 Å². The summed E-state index contributed by atoms with van der Waals surface area (Å²) in [5.74, 6) is -0.208. The van der Waals surface area contributed by atoms with Crippen molar-refractivity contribution in [2.75, 3.05) is 25.5 Å². The number of benzene rings is 2. The molecule has 8 nitrogen and oxygen atoms in total. The van der Waals surface area contributed by atoms with Crippen molar-refractivity contribution in [3.05, 3.63) is 58.6 Å². The van der Waals surface area contributed by atoms with Gasteiger partial charge in [0.15, 0.2) is 0 Å². The van der Waals surface area contributed by atoms with Gasteiger partial charge in [-0.1, -0.05) is 23.7 Å². The number of anilines is 1. The molecule has 0 bridgehead atoms. The van der Waals surface area contributed by atoms with E-state index in [2.05, 4.69) is 10.6 Å². The summed E-state index contributed by atoms with van der Waals surface area (Å²) in [4.78, 5) is 39.6. The molecule has 180 valence electrons. The fourth-order valence-electron chi connectivity index (χ4n) is 4.43. The lowest BCUT2D eigenvalue weighted by molar-refractivity contribution is -0.133. The number of halogens is 1. The highest BCUT2D eigenvalue weighted by Gasteiger charge is 2.39. The number of fused-ring (bicyclic) bond motifs is 2. The van der Waals surface area contributed by atoms with E-state index in [1.54, 1.807) is 54.4 Å². The van der Waals surface area contributed by atoms with E-state index in [0.717, 1.165) is 0 Å². The summed E-state index contributed by atoms with van der Waals surface area (Å²) in [5.41, 5.74) is 1.18. The van der Waals surface area contributed by atoms with Crippen molar-refractivity contribution in [1.29, 1.82) is 0 Å². The van der Waals surface area contributed by atoms with E-state index in [1.807, 2.05) is 6.92 Å². The second-order valence-corrected chi connectivity index (χ2v) is 8.88. The Balaban J connectivity index is 1.50. The number of hydrogen-bond acceptors (Lipinski definition) is 5. The Bertz CT molecular complexity index is 1090. The van der Waals surface area contributed by atoms with Crippen LogP contribution in [0.5, 0.6) is 5.75 Å². The van der Waals surface area contributed by atoms with Crippen LogP contribution in [-0.2, 0) is 9.53 Å². The second-order valence-electron chi connectivity index (χ2n) is 8.47. The molecular formula is C25H28ClN3O5. The molecule has 0 saturated carbocycles. The smallest absolute Gasteiger partial charge is 0.257 e. The van der Waals surface area contributed by atoms with Crippen molar-refractivity contribution in [1.82, 2.24) is 10.2 Å². The molecule has 2 aromatic carbocycles. The van der Waals surface area contributed by atoms with Crippen LogP contribution in [0.1, 0.15) is 46.9 Å². The number of amides is 3. The first-order valence-corrected chi connectivity index (χ1v) is 11.8. The van der Waals surface area contributed by atoms with Gasteiger partial charge < -0.3 is 25.0 Å². The average Bonchev–Trinajstić information content (AvgIpc) is 2.82. The molecule has 3 atom stereocenters. The predicted octanol–water partition coefficient (Wildman–Crippen LogP) is 3.50. The van der Waals surface area contributed by atoms with Gasteiger partial charge in [0.25, 0.3) is 11.8 Å². The fourth-order valence-corrected chi connectivity index (χ4v) is 4.65. The number of nitrogens with one attached hydrogen (secondary N) is 2. The Kier molecular flexibility index (Phi) is 7.38. The number of hydrogen-bond donors (Lipinski definition) is 2. The Morgan fingerprint density at radius 3 is 2.74 bits per heavy atom. The molecule has 34 heavy (non-hydrogen) atoms. The van der Waals surface area contributed by atoms with Gasteiger partial charge in [-0.3, -0.25) is 14.4 Å². The van der Waals surface area contributed by atoms with Gasteiger partial charge in [0.05, 0.1) is 34.7 Å². The largest absolute Gasteiger partial charge is 0.490 e. The molecule has 0 unspecified atom stereocenters. The molecule has 1 fully saturated rings. The zero-order valence-electron chi connectivity index (χ0n) is 19.2. The lowest BCUT2D eigenvalue weighted by atomic mass is 9.94. The molecule has 1 saturated heterocycles. The standard InChI is InChI=1S/C25H28ClN3O5/c1-3-27-23(30)13-16-9-10-20-22(34-16)14-33-21-11-8-15(12-18(21)25(32)29(20)2)28-24(31)17-6-4-5-7-19(17)26/h4-8,11-12,16,20,22H,3,9-10,13-14H2,1-2H3,(H,27,30)(H,28,31)/t16-,20-,22+/m1/s1. The molecule has 0 aromatic heterocycles. The number of ether oxygens (including phenoxy) is 2. The van der Waals surface area contributed by atoms with Crippen LogP contribution in [-0.4, -0.2) is 61.1 Å². The normalized spacial score (nSPS) is 21.9. The van der Waals surface area contributed by atoms with E-state index in [1.165, 1.54) is 0 Å². The number of nitrogens with zero attached hydrogens (tertiary/aromatic N) is 1. The minimum absolute atomic E-state index is 0.0427.